The van der Waals surface area contributed by atoms with Gasteiger partial charge in [-0.05, 0) is 60.0 Å². The predicted molar refractivity (Wildman–Crippen MR) is 121 cm³/mol. The van der Waals surface area contributed by atoms with Crippen LogP contribution >= 0.6 is 11.6 Å². The van der Waals surface area contributed by atoms with Crippen LogP contribution in [0.2, 0.25) is 5.02 Å². The van der Waals surface area contributed by atoms with Crippen LogP contribution in [0.25, 0.3) is 5.76 Å². The minimum absolute atomic E-state index is 0.0366. The molecule has 1 saturated heterocycles. The van der Waals surface area contributed by atoms with Crippen LogP contribution in [0.1, 0.15) is 28.3 Å². The van der Waals surface area contributed by atoms with Crippen molar-refractivity contribution in [3.8, 4) is 5.75 Å². The Balaban J connectivity index is 1.87. The van der Waals surface area contributed by atoms with E-state index in [1.165, 1.54) is 4.90 Å². The van der Waals surface area contributed by atoms with Crippen molar-refractivity contribution in [2.45, 2.75) is 19.5 Å². The van der Waals surface area contributed by atoms with Crippen molar-refractivity contribution in [3.63, 3.8) is 0 Å². The number of pyridine rings is 1. The van der Waals surface area contributed by atoms with Crippen molar-refractivity contribution in [3.05, 3.63) is 99.8 Å². The van der Waals surface area contributed by atoms with Crippen LogP contribution < -0.4 is 4.74 Å². The summed E-state index contributed by atoms with van der Waals surface area (Å²) in [5.41, 5.74) is 2.66. The third-order valence-electron chi connectivity index (χ3n) is 5.49. The highest BCUT2D eigenvalue weighted by molar-refractivity contribution is 6.46. The molecule has 4 rings (SSSR count). The number of rotatable bonds is 5. The minimum Gasteiger partial charge on any atom is -0.507 e. The van der Waals surface area contributed by atoms with Gasteiger partial charge in [-0.2, -0.15) is 0 Å². The second kappa shape index (κ2) is 8.85. The van der Waals surface area contributed by atoms with Crippen LogP contribution in [0.4, 0.5) is 0 Å². The van der Waals surface area contributed by atoms with E-state index in [4.69, 9.17) is 16.3 Å². The van der Waals surface area contributed by atoms with Crippen molar-refractivity contribution in [2.24, 2.45) is 0 Å². The molecule has 1 aromatic heterocycles. The Hall–Kier alpha value is -3.64. The largest absolute Gasteiger partial charge is 0.507 e. The van der Waals surface area contributed by atoms with E-state index in [1.807, 2.05) is 6.07 Å². The Labute approximate surface area is 190 Å². The molecule has 0 saturated carbocycles. The Kier molecular flexibility index (Phi) is 5.97. The molecule has 0 aliphatic carbocycles. The van der Waals surface area contributed by atoms with Gasteiger partial charge in [-0.25, -0.2) is 0 Å². The van der Waals surface area contributed by atoms with Crippen LogP contribution in [0, 0.1) is 6.92 Å². The van der Waals surface area contributed by atoms with Crippen LogP contribution in [0.15, 0.2) is 72.6 Å². The summed E-state index contributed by atoms with van der Waals surface area (Å²) < 4.78 is 5.23. The summed E-state index contributed by atoms with van der Waals surface area (Å²) in [6, 6.07) is 14.9. The van der Waals surface area contributed by atoms with E-state index in [2.05, 4.69) is 4.98 Å². The van der Waals surface area contributed by atoms with E-state index in [0.29, 0.717) is 21.9 Å². The lowest BCUT2D eigenvalue weighted by atomic mass is 9.94. The van der Waals surface area contributed by atoms with Gasteiger partial charge in [0.15, 0.2) is 0 Å². The number of likely N-dealkylation sites (tertiary alicyclic amines) is 1. The lowest BCUT2D eigenvalue weighted by molar-refractivity contribution is -0.140. The number of hydrogen-bond donors (Lipinski definition) is 1. The SMILES string of the molecule is COc1ccc(C(O)=C2C(=O)C(=O)N(Cc3cccnc3)[C@H]2c2ccc(Cl)cc2)c(C)c1. The first-order chi connectivity index (χ1) is 15.4. The molecular formula is C25H21ClN2O4. The van der Waals surface area contributed by atoms with Gasteiger partial charge in [0.05, 0.1) is 18.7 Å². The second-order valence-corrected chi connectivity index (χ2v) is 7.96. The van der Waals surface area contributed by atoms with Crippen LogP contribution in [-0.2, 0) is 16.1 Å². The summed E-state index contributed by atoms with van der Waals surface area (Å²) in [5, 5.41) is 11.8. The average molecular weight is 449 g/mol. The van der Waals surface area contributed by atoms with Gasteiger partial charge in [0.25, 0.3) is 11.7 Å². The number of methoxy groups -OCH3 is 1. The number of amides is 1. The first kappa shape index (κ1) is 21.6. The quantitative estimate of drug-likeness (QED) is 0.348. The van der Waals surface area contributed by atoms with E-state index in [9.17, 15) is 14.7 Å². The highest BCUT2D eigenvalue weighted by Crippen LogP contribution is 2.41. The number of halogens is 1. The first-order valence-electron chi connectivity index (χ1n) is 9.98. The number of carbonyl (C=O) groups excluding carboxylic acids is 2. The maximum Gasteiger partial charge on any atom is 0.295 e. The topological polar surface area (TPSA) is 79.7 Å². The number of aliphatic hydroxyl groups is 1. The highest BCUT2D eigenvalue weighted by Gasteiger charge is 2.46. The van der Waals surface area contributed by atoms with Crippen molar-refractivity contribution in [2.75, 3.05) is 7.11 Å². The number of aromatic nitrogens is 1. The number of benzene rings is 2. The molecule has 1 N–H and O–H groups in total. The standard InChI is InChI=1S/C25H21ClN2O4/c1-15-12-19(32-2)9-10-20(15)23(29)21-22(17-5-7-18(26)8-6-17)28(25(31)24(21)30)14-16-4-3-11-27-13-16/h3-13,22,29H,14H2,1-2H3/t22-/m0/s1. The molecule has 0 radical (unpaired) electrons. The van der Waals surface area contributed by atoms with Gasteiger partial charge in [0.2, 0.25) is 0 Å². The zero-order valence-electron chi connectivity index (χ0n) is 17.6. The Morgan fingerprint density at radius 3 is 2.53 bits per heavy atom. The smallest absolute Gasteiger partial charge is 0.295 e. The molecule has 1 amide bonds. The Bertz CT molecular complexity index is 1210. The van der Waals surface area contributed by atoms with Gasteiger partial charge < -0.3 is 14.7 Å². The normalized spacial score (nSPS) is 17.6. The van der Waals surface area contributed by atoms with Crippen LogP contribution in [0.3, 0.4) is 0 Å². The highest BCUT2D eigenvalue weighted by atomic mass is 35.5. The zero-order valence-corrected chi connectivity index (χ0v) is 18.3. The summed E-state index contributed by atoms with van der Waals surface area (Å²) in [6.45, 7) is 1.98. The number of hydrogen-bond acceptors (Lipinski definition) is 5. The molecule has 162 valence electrons. The molecule has 6 nitrogen and oxygen atoms in total. The second-order valence-electron chi connectivity index (χ2n) is 7.52. The summed E-state index contributed by atoms with van der Waals surface area (Å²) in [4.78, 5) is 31.7. The molecule has 0 unspecified atom stereocenters. The molecule has 1 atom stereocenters. The van der Waals surface area contributed by atoms with Crippen molar-refractivity contribution < 1.29 is 19.4 Å². The molecule has 32 heavy (non-hydrogen) atoms. The van der Waals surface area contributed by atoms with E-state index in [-0.39, 0.29) is 17.9 Å². The Morgan fingerprint density at radius 2 is 1.91 bits per heavy atom. The number of carbonyl (C=O) groups is 2. The number of ether oxygens (including phenoxy) is 1. The summed E-state index contributed by atoms with van der Waals surface area (Å²) in [5.74, 6) is -1.01. The van der Waals surface area contributed by atoms with E-state index >= 15 is 0 Å². The minimum atomic E-state index is -0.769. The van der Waals surface area contributed by atoms with Gasteiger partial charge in [0.1, 0.15) is 11.5 Å². The average Bonchev–Trinajstić information content (AvgIpc) is 3.04. The predicted octanol–water partition coefficient (Wildman–Crippen LogP) is 4.67. The summed E-state index contributed by atoms with van der Waals surface area (Å²) >= 11 is 6.06. The molecule has 1 aliphatic rings. The molecule has 1 fully saturated rings. The lowest BCUT2D eigenvalue weighted by Gasteiger charge is -2.25. The molecule has 0 bridgehead atoms. The van der Waals surface area contributed by atoms with E-state index in [0.717, 1.165) is 11.1 Å². The van der Waals surface area contributed by atoms with Crippen LogP contribution in [0.5, 0.6) is 5.75 Å². The summed E-state index contributed by atoms with van der Waals surface area (Å²) in [7, 11) is 1.55. The molecule has 3 aromatic rings. The fraction of sp³-hybridized carbons (Fsp3) is 0.160. The van der Waals surface area contributed by atoms with Crippen molar-refractivity contribution in [1.82, 2.24) is 9.88 Å². The first-order valence-corrected chi connectivity index (χ1v) is 10.4. The van der Waals surface area contributed by atoms with Crippen molar-refractivity contribution in [1.29, 1.82) is 0 Å². The van der Waals surface area contributed by atoms with E-state index in [1.54, 1.807) is 75.0 Å². The molecule has 0 spiro atoms. The molecule has 2 heterocycles. The maximum atomic E-state index is 13.1. The fourth-order valence-electron chi connectivity index (χ4n) is 3.90. The maximum absolute atomic E-state index is 13.1. The van der Waals surface area contributed by atoms with Crippen LogP contribution in [-0.4, -0.2) is 33.8 Å². The zero-order chi connectivity index (χ0) is 22.8. The number of aliphatic hydroxyl groups excluding tert-OH is 1. The number of aryl methyl sites for hydroxylation is 1. The monoisotopic (exact) mass is 448 g/mol. The lowest BCUT2D eigenvalue weighted by Crippen LogP contribution is -2.29. The van der Waals surface area contributed by atoms with Gasteiger partial charge in [0, 0.05) is 29.5 Å². The fourth-order valence-corrected chi connectivity index (χ4v) is 4.02. The molecular weight excluding hydrogens is 428 g/mol. The number of ketones is 1. The summed E-state index contributed by atoms with van der Waals surface area (Å²) in [6.07, 6.45) is 3.28. The van der Waals surface area contributed by atoms with Crippen molar-refractivity contribution >= 4 is 29.1 Å². The third-order valence-corrected chi connectivity index (χ3v) is 5.74. The molecule has 2 aromatic carbocycles. The van der Waals surface area contributed by atoms with Gasteiger partial charge >= 0.3 is 0 Å². The number of Topliss-reactive ketones (excluding diaryl/α,β-unsaturated/α-hetero) is 1. The van der Waals surface area contributed by atoms with E-state index < -0.39 is 17.7 Å². The molecule has 1 aliphatic heterocycles. The van der Waals surface area contributed by atoms with Gasteiger partial charge in [-0.3, -0.25) is 14.6 Å². The van der Waals surface area contributed by atoms with Gasteiger partial charge in [-0.15, -0.1) is 0 Å². The van der Waals surface area contributed by atoms with Gasteiger partial charge in [-0.1, -0.05) is 29.8 Å². The Morgan fingerprint density at radius 1 is 1.16 bits per heavy atom. The third kappa shape index (κ3) is 3.97. The molecule has 7 heteroatoms. The number of nitrogens with zero attached hydrogens (tertiary/aromatic N) is 2.